The number of carbonyl (C=O) groups excluding carboxylic acids is 2. The molecule has 0 bridgehead atoms. The molecule has 0 saturated carbocycles. The molecule has 0 aromatic heterocycles. The van der Waals surface area contributed by atoms with Gasteiger partial charge in [-0.1, -0.05) is 91.0 Å². The van der Waals surface area contributed by atoms with Gasteiger partial charge in [-0.2, -0.15) is 0 Å². The topological polar surface area (TPSA) is 74.8 Å². The highest BCUT2D eigenvalue weighted by molar-refractivity contribution is 5.96. The molecule has 0 aliphatic rings. The van der Waals surface area contributed by atoms with Gasteiger partial charge in [-0.15, -0.1) is 0 Å². The second kappa shape index (κ2) is 10.2. The van der Waals surface area contributed by atoms with Gasteiger partial charge in [0.15, 0.2) is 6.04 Å². The number of imide groups is 1. The van der Waals surface area contributed by atoms with Crippen LogP contribution >= 0.6 is 0 Å². The largest absolute Gasteiger partial charge is 0.338 e. The molecule has 0 spiro atoms. The van der Waals surface area contributed by atoms with Crippen molar-refractivity contribution in [2.45, 2.75) is 19.0 Å². The first-order valence-electron chi connectivity index (χ1n) is 9.77. The van der Waals surface area contributed by atoms with Gasteiger partial charge in [0.1, 0.15) is 6.04 Å². The van der Waals surface area contributed by atoms with Gasteiger partial charge in [-0.25, -0.2) is 4.79 Å². The summed E-state index contributed by atoms with van der Waals surface area (Å²) in [5.41, 5.74) is 3.02. The van der Waals surface area contributed by atoms with Crippen molar-refractivity contribution < 1.29 is 14.9 Å². The summed E-state index contributed by atoms with van der Waals surface area (Å²) in [6.45, 7) is 2.27. The van der Waals surface area contributed by atoms with Crippen LogP contribution in [0, 0.1) is 0 Å². The van der Waals surface area contributed by atoms with E-state index < -0.39 is 12.1 Å². The first kappa shape index (κ1) is 20.3. The first-order valence-corrected chi connectivity index (χ1v) is 9.77. The van der Waals surface area contributed by atoms with E-state index in [0.29, 0.717) is 6.54 Å². The molecule has 0 fully saturated rings. The second-order valence-corrected chi connectivity index (χ2v) is 6.73. The third-order valence-corrected chi connectivity index (χ3v) is 4.72. The number of nitrogens with one attached hydrogen (secondary N) is 2. The standard InChI is InChI=1S/C24H25N3O2/c1-2-25-24(29)27-23(28)22(20-16-10-5-11-17-20)26-21(18-12-6-3-7-13-18)19-14-8-4-9-15-19/h3-17,21-22,26H,2H2,1H3,(H2,25,27,28,29)/p+1/t22-/m1/s1. The molecular weight excluding hydrogens is 362 g/mol. The van der Waals surface area contributed by atoms with Crippen molar-refractivity contribution in [3.8, 4) is 0 Å². The van der Waals surface area contributed by atoms with Crippen molar-refractivity contribution in [1.82, 2.24) is 10.6 Å². The Morgan fingerprint density at radius 3 is 1.66 bits per heavy atom. The molecule has 148 valence electrons. The third-order valence-electron chi connectivity index (χ3n) is 4.72. The average Bonchev–Trinajstić information content (AvgIpc) is 2.76. The number of quaternary nitrogens is 1. The van der Waals surface area contributed by atoms with Crippen molar-refractivity contribution in [1.29, 1.82) is 0 Å². The van der Waals surface area contributed by atoms with Crippen LogP contribution in [0.2, 0.25) is 0 Å². The van der Waals surface area contributed by atoms with Gasteiger partial charge in [0, 0.05) is 23.2 Å². The molecule has 0 heterocycles. The smallest absolute Gasteiger partial charge is 0.321 e. The molecule has 5 nitrogen and oxygen atoms in total. The molecule has 1 atom stereocenters. The lowest BCUT2D eigenvalue weighted by Crippen LogP contribution is -2.88. The van der Waals surface area contributed by atoms with Gasteiger partial charge in [0.25, 0.3) is 5.91 Å². The average molecular weight is 388 g/mol. The fourth-order valence-corrected chi connectivity index (χ4v) is 3.33. The molecule has 0 saturated heterocycles. The summed E-state index contributed by atoms with van der Waals surface area (Å²) in [5, 5.41) is 7.09. The van der Waals surface area contributed by atoms with E-state index in [0.717, 1.165) is 16.7 Å². The Balaban J connectivity index is 1.95. The summed E-state index contributed by atoms with van der Waals surface area (Å²) in [6, 6.07) is 28.5. The van der Waals surface area contributed by atoms with Crippen LogP contribution in [0.3, 0.4) is 0 Å². The highest BCUT2D eigenvalue weighted by Crippen LogP contribution is 2.20. The van der Waals surface area contributed by atoms with Crippen molar-refractivity contribution >= 4 is 11.9 Å². The Morgan fingerprint density at radius 2 is 1.21 bits per heavy atom. The Kier molecular flexibility index (Phi) is 7.14. The monoisotopic (exact) mass is 388 g/mol. The fraction of sp³-hybridized carbons (Fsp3) is 0.167. The van der Waals surface area contributed by atoms with E-state index in [1.165, 1.54) is 0 Å². The lowest BCUT2D eigenvalue weighted by molar-refractivity contribution is -0.713. The van der Waals surface area contributed by atoms with Gasteiger partial charge >= 0.3 is 6.03 Å². The van der Waals surface area contributed by atoms with Crippen molar-refractivity contribution in [2.75, 3.05) is 6.54 Å². The molecule has 3 amide bonds. The zero-order chi connectivity index (χ0) is 20.5. The molecule has 4 N–H and O–H groups in total. The van der Waals surface area contributed by atoms with Gasteiger partial charge in [0.05, 0.1) is 0 Å². The van der Waals surface area contributed by atoms with E-state index in [4.69, 9.17) is 0 Å². The summed E-state index contributed by atoms with van der Waals surface area (Å²) in [7, 11) is 0. The number of hydrogen-bond acceptors (Lipinski definition) is 2. The van der Waals surface area contributed by atoms with Crippen LogP contribution in [0.25, 0.3) is 0 Å². The van der Waals surface area contributed by atoms with Crippen molar-refractivity contribution in [2.24, 2.45) is 0 Å². The lowest BCUT2D eigenvalue weighted by atomic mass is 9.96. The number of rotatable bonds is 7. The fourth-order valence-electron chi connectivity index (χ4n) is 3.33. The highest BCUT2D eigenvalue weighted by atomic mass is 16.2. The third kappa shape index (κ3) is 5.53. The summed E-state index contributed by atoms with van der Waals surface area (Å²) in [6.07, 6.45) is 0. The molecule has 0 unspecified atom stereocenters. The maximum atomic E-state index is 13.0. The minimum Gasteiger partial charge on any atom is -0.338 e. The van der Waals surface area contributed by atoms with Crippen molar-refractivity contribution in [3.63, 3.8) is 0 Å². The number of amides is 3. The first-order chi connectivity index (χ1) is 14.2. The van der Waals surface area contributed by atoms with Gasteiger partial charge in [-0.05, 0) is 6.92 Å². The van der Waals surface area contributed by atoms with E-state index >= 15 is 0 Å². The minimum atomic E-state index is -0.579. The van der Waals surface area contributed by atoms with Gasteiger partial charge < -0.3 is 10.6 Å². The van der Waals surface area contributed by atoms with Crippen LogP contribution < -0.4 is 16.0 Å². The molecule has 29 heavy (non-hydrogen) atoms. The SMILES string of the molecule is CCNC(=O)NC(=O)[C@H]([NH2+]C(c1ccccc1)c1ccccc1)c1ccccc1. The molecular formula is C24H26N3O2+. The minimum absolute atomic E-state index is 0.0948. The van der Waals surface area contributed by atoms with Gasteiger partial charge in [-0.3, -0.25) is 10.1 Å². The van der Waals surface area contributed by atoms with Gasteiger partial charge in [0.2, 0.25) is 0 Å². The van der Waals surface area contributed by atoms with Crippen LogP contribution in [0.15, 0.2) is 91.0 Å². The summed E-state index contributed by atoms with van der Waals surface area (Å²) >= 11 is 0. The predicted molar refractivity (Wildman–Crippen MR) is 113 cm³/mol. The molecule has 0 radical (unpaired) electrons. The zero-order valence-electron chi connectivity index (χ0n) is 16.4. The molecule has 5 heteroatoms. The van der Waals surface area contributed by atoms with Crippen LogP contribution in [-0.2, 0) is 4.79 Å². The van der Waals surface area contributed by atoms with E-state index in [1.807, 2.05) is 79.0 Å². The zero-order valence-corrected chi connectivity index (χ0v) is 16.4. The summed E-state index contributed by atoms with van der Waals surface area (Å²) < 4.78 is 0. The van der Waals surface area contributed by atoms with E-state index in [-0.39, 0.29) is 11.9 Å². The van der Waals surface area contributed by atoms with Crippen LogP contribution in [0.4, 0.5) is 4.79 Å². The van der Waals surface area contributed by atoms with Crippen LogP contribution in [-0.4, -0.2) is 18.5 Å². The Labute approximate surface area is 171 Å². The number of benzene rings is 3. The number of nitrogens with two attached hydrogens (primary N) is 1. The van der Waals surface area contributed by atoms with Crippen LogP contribution in [0.1, 0.15) is 35.7 Å². The predicted octanol–water partition coefficient (Wildman–Crippen LogP) is 2.93. The van der Waals surface area contributed by atoms with E-state index in [9.17, 15) is 9.59 Å². The Hall–Kier alpha value is -3.44. The maximum absolute atomic E-state index is 13.0. The maximum Gasteiger partial charge on any atom is 0.321 e. The molecule has 3 aromatic carbocycles. The van der Waals surface area contributed by atoms with E-state index in [1.54, 1.807) is 0 Å². The summed E-state index contributed by atoms with van der Waals surface area (Å²) in [4.78, 5) is 25.0. The van der Waals surface area contributed by atoms with E-state index in [2.05, 4.69) is 34.9 Å². The molecule has 0 aliphatic heterocycles. The highest BCUT2D eigenvalue weighted by Gasteiger charge is 2.30. The number of carbonyl (C=O) groups is 2. The molecule has 3 rings (SSSR count). The Morgan fingerprint density at radius 1 is 0.759 bits per heavy atom. The number of urea groups is 1. The summed E-state index contributed by atoms with van der Waals surface area (Å²) in [5.74, 6) is -0.348. The number of hydrogen-bond donors (Lipinski definition) is 3. The molecule has 3 aromatic rings. The lowest BCUT2D eigenvalue weighted by Gasteiger charge is -2.23. The Bertz CT molecular complexity index is 875. The van der Waals surface area contributed by atoms with Crippen LogP contribution in [0.5, 0.6) is 0 Å². The quantitative estimate of drug-likeness (QED) is 0.582. The van der Waals surface area contributed by atoms with Crippen molar-refractivity contribution in [3.05, 3.63) is 108 Å². The second-order valence-electron chi connectivity index (χ2n) is 6.73. The molecule has 0 aliphatic carbocycles. The normalized spacial score (nSPS) is 11.7.